The lowest BCUT2D eigenvalue weighted by Gasteiger charge is -2.08. The largest absolute Gasteiger partial charge is 0.469 e. The molecule has 0 aromatic rings. The summed E-state index contributed by atoms with van der Waals surface area (Å²) >= 11 is 1.85. The molecule has 0 aromatic carbocycles. The van der Waals surface area contributed by atoms with Gasteiger partial charge in [-0.3, -0.25) is 4.79 Å². The summed E-state index contributed by atoms with van der Waals surface area (Å²) in [4.78, 5) is 10.8. The van der Waals surface area contributed by atoms with Gasteiger partial charge in [-0.05, 0) is 38.0 Å². The van der Waals surface area contributed by atoms with Gasteiger partial charge in [0.15, 0.2) is 0 Å². The maximum atomic E-state index is 10.8. The number of ether oxygens (including phenoxy) is 1. The Kier molecular flexibility index (Phi) is 6.85. The highest BCUT2D eigenvalue weighted by Crippen LogP contribution is 2.13. The molecule has 4 heteroatoms. The van der Waals surface area contributed by atoms with E-state index in [1.54, 1.807) is 0 Å². The number of nitrogens with one attached hydrogen (secondary N) is 1. The molecule has 0 radical (unpaired) electrons. The molecule has 1 aliphatic heterocycles. The fourth-order valence-corrected chi connectivity index (χ4v) is 2.68. The summed E-state index contributed by atoms with van der Waals surface area (Å²) < 4.78 is 4.58. The van der Waals surface area contributed by atoms with Gasteiger partial charge in [-0.2, -0.15) is 11.8 Å². The van der Waals surface area contributed by atoms with E-state index in [4.69, 9.17) is 0 Å². The van der Waals surface area contributed by atoms with Crippen LogP contribution >= 0.6 is 11.8 Å². The third-order valence-corrected chi connectivity index (χ3v) is 3.75. The molecule has 1 unspecified atom stereocenters. The number of hydrogen-bond acceptors (Lipinski definition) is 4. The van der Waals surface area contributed by atoms with Gasteiger partial charge in [0.05, 0.1) is 13.5 Å². The number of rotatable bonds is 7. The van der Waals surface area contributed by atoms with E-state index in [-0.39, 0.29) is 5.97 Å². The molecule has 0 bridgehead atoms. The normalized spacial score (nSPS) is 20.5. The van der Waals surface area contributed by atoms with E-state index in [2.05, 4.69) is 10.1 Å². The molecule has 1 N–H and O–H groups in total. The molecule has 1 aliphatic rings. The molecular weight excluding hydrogens is 210 g/mol. The van der Waals surface area contributed by atoms with E-state index in [1.165, 1.54) is 39.3 Å². The number of thioether (sulfide) groups is 1. The Morgan fingerprint density at radius 3 is 3.07 bits per heavy atom. The zero-order chi connectivity index (χ0) is 10.9. The van der Waals surface area contributed by atoms with Crippen molar-refractivity contribution < 1.29 is 9.53 Å². The minimum Gasteiger partial charge on any atom is -0.469 e. The standard InChI is InChI=1S/C11H21NO2S/c1-14-11(13)6-9-15-8-3-5-10-4-2-7-12-10/h10,12H,2-9H2,1H3. The second kappa shape index (κ2) is 7.99. The first-order valence-electron chi connectivity index (χ1n) is 5.71. The Balaban J connectivity index is 1.82. The molecule has 0 aromatic heterocycles. The van der Waals surface area contributed by atoms with Crippen molar-refractivity contribution in [2.75, 3.05) is 25.2 Å². The first kappa shape index (κ1) is 12.8. The highest BCUT2D eigenvalue weighted by atomic mass is 32.2. The number of esters is 1. The molecule has 1 fully saturated rings. The van der Waals surface area contributed by atoms with Crippen LogP contribution in [-0.4, -0.2) is 37.2 Å². The van der Waals surface area contributed by atoms with Crippen LogP contribution in [0, 0.1) is 0 Å². The van der Waals surface area contributed by atoms with Gasteiger partial charge in [0.1, 0.15) is 0 Å². The first-order chi connectivity index (χ1) is 7.33. The van der Waals surface area contributed by atoms with Crippen molar-refractivity contribution >= 4 is 17.7 Å². The summed E-state index contributed by atoms with van der Waals surface area (Å²) in [5, 5.41) is 3.49. The first-order valence-corrected chi connectivity index (χ1v) is 6.86. The van der Waals surface area contributed by atoms with E-state index in [0.717, 1.165) is 17.5 Å². The van der Waals surface area contributed by atoms with Gasteiger partial charge in [-0.25, -0.2) is 0 Å². The summed E-state index contributed by atoms with van der Waals surface area (Å²) in [5.74, 6) is 1.96. The van der Waals surface area contributed by atoms with Crippen LogP contribution in [-0.2, 0) is 9.53 Å². The molecule has 1 atom stereocenters. The highest BCUT2D eigenvalue weighted by Gasteiger charge is 2.12. The Hall–Kier alpha value is -0.220. The monoisotopic (exact) mass is 231 g/mol. The Bertz CT molecular complexity index is 181. The lowest BCUT2D eigenvalue weighted by atomic mass is 10.1. The maximum Gasteiger partial charge on any atom is 0.306 e. The zero-order valence-corrected chi connectivity index (χ0v) is 10.3. The van der Waals surface area contributed by atoms with Gasteiger partial charge in [-0.15, -0.1) is 0 Å². The topological polar surface area (TPSA) is 38.3 Å². The molecule has 15 heavy (non-hydrogen) atoms. The van der Waals surface area contributed by atoms with Crippen molar-refractivity contribution in [1.82, 2.24) is 5.32 Å². The second-order valence-corrected chi connectivity index (χ2v) is 5.10. The van der Waals surface area contributed by atoms with Crippen molar-refractivity contribution in [3.63, 3.8) is 0 Å². The molecule has 88 valence electrons. The van der Waals surface area contributed by atoms with Gasteiger partial charge in [0.2, 0.25) is 0 Å². The SMILES string of the molecule is COC(=O)CCSCCCC1CCCN1. The van der Waals surface area contributed by atoms with Crippen LogP contribution < -0.4 is 5.32 Å². The van der Waals surface area contributed by atoms with Crippen molar-refractivity contribution in [2.24, 2.45) is 0 Å². The number of carbonyl (C=O) groups excluding carboxylic acids is 1. The Morgan fingerprint density at radius 2 is 2.40 bits per heavy atom. The van der Waals surface area contributed by atoms with Crippen molar-refractivity contribution in [3.8, 4) is 0 Å². The molecule has 1 saturated heterocycles. The van der Waals surface area contributed by atoms with Gasteiger partial charge in [0.25, 0.3) is 0 Å². The van der Waals surface area contributed by atoms with Gasteiger partial charge in [-0.1, -0.05) is 0 Å². The zero-order valence-electron chi connectivity index (χ0n) is 9.46. The molecule has 1 heterocycles. The molecule has 0 aliphatic carbocycles. The number of methoxy groups -OCH3 is 1. The summed E-state index contributed by atoms with van der Waals surface area (Å²) in [6.07, 6.45) is 5.75. The third kappa shape index (κ3) is 6.05. The minimum atomic E-state index is -0.0973. The quantitative estimate of drug-likeness (QED) is 0.536. The van der Waals surface area contributed by atoms with Crippen molar-refractivity contribution in [2.45, 2.75) is 38.1 Å². The van der Waals surface area contributed by atoms with Crippen LogP contribution in [0.3, 0.4) is 0 Å². The van der Waals surface area contributed by atoms with E-state index in [9.17, 15) is 4.79 Å². The lowest BCUT2D eigenvalue weighted by molar-refractivity contribution is -0.140. The van der Waals surface area contributed by atoms with Crippen LogP contribution in [0.2, 0.25) is 0 Å². The molecule has 0 spiro atoms. The molecule has 3 nitrogen and oxygen atoms in total. The Labute approximate surface area is 96.3 Å². The summed E-state index contributed by atoms with van der Waals surface area (Å²) in [6, 6.07) is 0.756. The summed E-state index contributed by atoms with van der Waals surface area (Å²) in [6.45, 7) is 1.19. The predicted molar refractivity (Wildman–Crippen MR) is 64.2 cm³/mol. The fraction of sp³-hybridized carbons (Fsp3) is 0.909. The number of hydrogen-bond donors (Lipinski definition) is 1. The predicted octanol–water partition coefficient (Wildman–Crippen LogP) is 1.81. The van der Waals surface area contributed by atoms with E-state index >= 15 is 0 Å². The average Bonchev–Trinajstić information content (AvgIpc) is 2.75. The summed E-state index contributed by atoms with van der Waals surface area (Å²) in [7, 11) is 1.44. The van der Waals surface area contributed by atoms with E-state index in [0.29, 0.717) is 6.42 Å². The van der Waals surface area contributed by atoms with Gasteiger partial charge < -0.3 is 10.1 Å². The van der Waals surface area contributed by atoms with Crippen molar-refractivity contribution in [1.29, 1.82) is 0 Å². The average molecular weight is 231 g/mol. The molecule has 0 amide bonds. The highest BCUT2D eigenvalue weighted by molar-refractivity contribution is 7.99. The van der Waals surface area contributed by atoms with Crippen molar-refractivity contribution in [3.05, 3.63) is 0 Å². The van der Waals surface area contributed by atoms with Crippen LogP contribution in [0.15, 0.2) is 0 Å². The molecule has 1 rings (SSSR count). The van der Waals surface area contributed by atoms with E-state index < -0.39 is 0 Å². The van der Waals surface area contributed by atoms with Crippen LogP contribution in [0.5, 0.6) is 0 Å². The van der Waals surface area contributed by atoms with Gasteiger partial charge in [0, 0.05) is 11.8 Å². The molecule has 0 saturated carbocycles. The summed E-state index contributed by atoms with van der Waals surface area (Å²) in [5.41, 5.74) is 0. The number of carbonyl (C=O) groups is 1. The van der Waals surface area contributed by atoms with Gasteiger partial charge >= 0.3 is 5.97 Å². The minimum absolute atomic E-state index is 0.0973. The van der Waals surface area contributed by atoms with E-state index in [1.807, 2.05) is 11.8 Å². The van der Waals surface area contributed by atoms with Crippen LogP contribution in [0.25, 0.3) is 0 Å². The third-order valence-electron chi connectivity index (χ3n) is 2.68. The fourth-order valence-electron chi connectivity index (χ4n) is 1.79. The molecular formula is C11H21NO2S. The maximum absolute atomic E-state index is 10.8. The van der Waals surface area contributed by atoms with Crippen LogP contribution in [0.1, 0.15) is 32.1 Å². The second-order valence-electron chi connectivity index (χ2n) is 3.87. The lowest BCUT2D eigenvalue weighted by Crippen LogP contribution is -2.21. The Morgan fingerprint density at radius 1 is 1.53 bits per heavy atom. The van der Waals surface area contributed by atoms with Crippen LogP contribution in [0.4, 0.5) is 0 Å². The smallest absolute Gasteiger partial charge is 0.306 e.